The molecule has 0 amide bonds. The third kappa shape index (κ3) is 6.62. The summed E-state index contributed by atoms with van der Waals surface area (Å²) in [5, 5.41) is 3.25. The van der Waals surface area contributed by atoms with Gasteiger partial charge in [-0.3, -0.25) is 0 Å². The maximum Gasteiger partial charge on any atom is 0.00478 e. The van der Waals surface area contributed by atoms with Crippen LogP contribution in [0.25, 0.3) is 0 Å². The molecule has 0 saturated carbocycles. The fourth-order valence-electron chi connectivity index (χ4n) is 1.27. The van der Waals surface area contributed by atoms with Gasteiger partial charge in [0, 0.05) is 12.6 Å². The first-order valence-electron chi connectivity index (χ1n) is 4.92. The average Bonchev–Trinajstić information content (AvgIpc) is 1.99. The van der Waals surface area contributed by atoms with Crippen LogP contribution in [0.2, 0.25) is 0 Å². The summed E-state index contributed by atoms with van der Waals surface area (Å²) in [5.41, 5.74) is 0. The molecule has 0 radical (unpaired) electrons. The Hall–Kier alpha value is -0.0800. The third-order valence-electron chi connectivity index (χ3n) is 2.11. The number of hydrogen-bond acceptors (Lipinski definition) is 2. The maximum atomic E-state index is 3.25. The van der Waals surface area contributed by atoms with Crippen LogP contribution in [0.3, 0.4) is 0 Å². The zero-order valence-electron chi connectivity index (χ0n) is 9.22. The molecule has 0 bridgehead atoms. The quantitative estimate of drug-likeness (QED) is 0.654. The molecular weight excluding hydrogens is 148 g/mol. The van der Waals surface area contributed by atoms with E-state index in [1.165, 1.54) is 19.5 Å². The summed E-state index contributed by atoms with van der Waals surface area (Å²) >= 11 is 0. The Morgan fingerprint density at radius 2 is 1.83 bits per heavy atom. The summed E-state index contributed by atoms with van der Waals surface area (Å²) in [6, 6.07) is 0.639. The van der Waals surface area contributed by atoms with Crippen LogP contribution in [-0.2, 0) is 0 Å². The van der Waals surface area contributed by atoms with Crippen LogP contribution < -0.4 is 5.32 Å². The van der Waals surface area contributed by atoms with Crippen molar-refractivity contribution < 1.29 is 0 Å². The lowest BCUT2D eigenvalue weighted by Crippen LogP contribution is -2.30. The molecule has 1 N–H and O–H groups in total. The van der Waals surface area contributed by atoms with Crippen molar-refractivity contribution in [3.63, 3.8) is 0 Å². The first kappa shape index (κ1) is 11.9. The Morgan fingerprint density at radius 3 is 2.25 bits per heavy atom. The van der Waals surface area contributed by atoms with E-state index in [9.17, 15) is 0 Å². The molecule has 0 rings (SSSR count). The van der Waals surface area contributed by atoms with E-state index in [1.54, 1.807) is 0 Å². The molecule has 12 heavy (non-hydrogen) atoms. The highest BCUT2D eigenvalue weighted by Gasteiger charge is 2.03. The van der Waals surface area contributed by atoms with Gasteiger partial charge in [0.05, 0.1) is 0 Å². The highest BCUT2D eigenvalue weighted by Crippen LogP contribution is 1.98. The van der Waals surface area contributed by atoms with Crippen LogP contribution in [0.4, 0.5) is 0 Å². The number of nitrogens with one attached hydrogen (secondary N) is 1. The molecule has 0 aromatic carbocycles. The van der Waals surface area contributed by atoms with Crippen molar-refractivity contribution in [3.8, 4) is 0 Å². The lowest BCUT2D eigenvalue weighted by molar-refractivity contribution is 0.281. The van der Waals surface area contributed by atoms with Gasteiger partial charge in [-0.05, 0) is 39.9 Å². The molecule has 0 aromatic rings. The van der Waals surface area contributed by atoms with Crippen LogP contribution in [0.1, 0.15) is 27.2 Å². The maximum absolute atomic E-state index is 3.25. The van der Waals surface area contributed by atoms with Gasteiger partial charge in [0.2, 0.25) is 0 Å². The van der Waals surface area contributed by atoms with Crippen molar-refractivity contribution in [1.29, 1.82) is 0 Å². The molecule has 1 unspecified atom stereocenters. The largest absolute Gasteiger partial charge is 0.317 e. The lowest BCUT2D eigenvalue weighted by atomic mass is 10.2. The van der Waals surface area contributed by atoms with Gasteiger partial charge in [0.1, 0.15) is 0 Å². The highest BCUT2D eigenvalue weighted by atomic mass is 15.1. The van der Waals surface area contributed by atoms with E-state index in [4.69, 9.17) is 0 Å². The molecular formula is C10H24N2. The van der Waals surface area contributed by atoms with Crippen molar-refractivity contribution in [3.05, 3.63) is 0 Å². The van der Waals surface area contributed by atoms with E-state index in [0.717, 1.165) is 5.92 Å². The SMILES string of the molecule is CNC(C)CCN(C)CC(C)C. The number of nitrogens with zero attached hydrogens (tertiary/aromatic N) is 1. The van der Waals surface area contributed by atoms with Crippen LogP contribution in [0, 0.1) is 5.92 Å². The second-order valence-electron chi connectivity index (χ2n) is 4.13. The molecule has 0 aromatic heterocycles. The second-order valence-corrected chi connectivity index (χ2v) is 4.13. The van der Waals surface area contributed by atoms with E-state index < -0.39 is 0 Å². The highest BCUT2D eigenvalue weighted by molar-refractivity contribution is 4.61. The van der Waals surface area contributed by atoms with E-state index >= 15 is 0 Å². The average molecular weight is 172 g/mol. The summed E-state index contributed by atoms with van der Waals surface area (Å²) in [7, 11) is 4.22. The molecule has 0 fully saturated rings. The van der Waals surface area contributed by atoms with E-state index in [-0.39, 0.29) is 0 Å². The monoisotopic (exact) mass is 172 g/mol. The van der Waals surface area contributed by atoms with Crippen molar-refractivity contribution >= 4 is 0 Å². The van der Waals surface area contributed by atoms with Gasteiger partial charge in [-0.2, -0.15) is 0 Å². The van der Waals surface area contributed by atoms with Gasteiger partial charge in [-0.1, -0.05) is 13.8 Å². The van der Waals surface area contributed by atoms with Crippen LogP contribution in [-0.4, -0.2) is 38.1 Å². The van der Waals surface area contributed by atoms with E-state index in [1.807, 2.05) is 7.05 Å². The fraction of sp³-hybridized carbons (Fsp3) is 1.00. The van der Waals surface area contributed by atoms with Crippen molar-refractivity contribution in [2.45, 2.75) is 33.2 Å². The third-order valence-corrected chi connectivity index (χ3v) is 2.11. The second kappa shape index (κ2) is 6.44. The number of rotatable bonds is 6. The summed E-state index contributed by atoms with van der Waals surface area (Å²) in [6.45, 7) is 9.15. The zero-order valence-corrected chi connectivity index (χ0v) is 9.22. The Kier molecular flexibility index (Phi) is 6.39. The van der Waals surface area contributed by atoms with Crippen molar-refractivity contribution in [2.75, 3.05) is 27.2 Å². The van der Waals surface area contributed by atoms with Gasteiger partial charge in [0.15, 0.2) is 0 Å². The first-order chi connectivity index (χ1) is 5.56. The first-order valence-corrected chi connectivity index (χ1v) is 4.92. The standard InChI is InChI=1S/C10H24N2/c1-9(2)8-12(5)7-6-10(3)11-4/h9-11H,6-8H2,1-5H3. The minimum Gasteiger partial charge on any atom is -0.317 e. The van der Waals surface area contributed by atoms with Crippen LogP contribution in [0.5, 0.6) is 0 Å². The smallest absolute Gasteiger partial charge is 0.00478 e. The van der Waals surface area contributed by atoms with E-state index in [0.29, 0.717) is 6.04 Å². The van der Waals surface area contributed by atoms with Crippen LogP contribution >= 0.6 is 0 Å². The predicted octanol–water partition coefficient (Wildman–Crippen LogP) is 1.57. The minimum absolute atomic E-state index is 0.639. The minimum atomic E-state index is 0.639. The van der Waals surface area contributed by atoms with Gasteiger partial charge in [-0.25, -0.2) is 0 Å². The molecule has 2 heteroatoms. The van der Waals surface area contributed by atoms with Gasteiger partial charge >= 0.3 is 0 Å². The Morgan fingerprint density at radius 1 is 1.25 bits per heavy atom. The molecule has 0 aliphatic heterocycles. The topological polar surface area (TPSA) is 15.3 Å². The molecule has 0 spiro atoms. The predicted molar refractivity (Wildman–Crippen MR) is 55.5 cm³/mol. The number of hydrogen-bond donors (Lipinski definition) is 1. The normalized spacial score (nSPS) is 14.2. The Bertz CT molecular complexity index is 102. The molecule has 0 saturated heterocycles. The van der Waals surface area contributed by atoms with Crippen molar-refractivity contribution in [1.82, 2.24) is 10.2 Å². The summed E-state index contributed by atoms with van der Waals surface area (Å²) in [5.74, 6) is 0.778. The lowest BCUT2D eigenvalue weighted by Gasteiger charge is -2.20. The summed E-state index contributed by atoms with van der Waals surface area (Å²) in [6.07, 6.45) is 1.24. The summed E-state index contributed by atoms with van der Waals surface area (Å²) in [4.78, 5) is 2.40. The molecule has 0 aliphatic carbocycles. The Balaban J connectivity index is 3.36. The Labute approximate surface area is 77.3 Å². The van der Waals surface area contributed by atoms with E-state index in [2.05, 4.69) is 38.0 Å². The fourth-order valence-corrected chi connectivity index (χ4v) is 1.27. The molecule has 74 valence electrons. The molecule has 2 nitrogen and oxygen atoms in total. The summed E-state index contributed by atoms with van der Waals surface area (Å²) < 4.78 is 0. The van der Waals surface area contributed by atoms with Crippen molar-refractivity contribution in [2.24, 2.45) is 5.92 Å². The molecule has 0 aliphatic rings. The van der Waals surface area contributed by atoms with Gasteiger partial charge in [-0.15, -0.1) is 0 Å². The van der Waals surface area contributed by atoms with Crippen LogP contribution in [0.15, 0.2) is 0 Å². The molecule has 0 heterocycles. The van der Waals surface area contributed by atoms with Gasteiger partial charge < -0.3 is 10.2 Å². The van der Waals surface area contributed by atoms with Gasteiger partial charge in [0.25, 0.3) is 0 Å². The molecule has 1 atom stereocenters. The zero-order chi connectivity index (χ0) is 9.56.